The number of aromatic nitrogens is 1. The molecular weight excluding hydrogens is 416 g/mol. The van der Waals surface area contributed by atoms with Crippen molar-refractivity contribution in [2.24, 2.45) is 11.3 Å². The molecule has 3 aliphatic carbocycles. The van der Waals surface area contributed by atoms with Crippen molar-refractivity contribution in [2.45, 2.75) is 45.1 Å². The molecule has 0 radical (unpaired) electrons. The fourth-order valence-electron chi connectivity index (χ4n) is 4.78. The molecule has 0 aliphatic heterocycles. The first-order valence-corrected chi connectivity index (χ1v) is 10.6. The molecule has 1 heterocycles. The van der Waals surface area contributed by atoms with E-state index in [-0.39, 0.29) is 12.5 Å². The van der Waals surface area contributed by atoms with E-state index in [1.54, 1.807) is 0 Å². The summed E-state index contributed by atoms with van der Waals surface area (Å²) in [5, 5.41) is 13.8. The minimum absolute atomic E-state index is 0.0131. The number of aliphatic hydroxyl groups is 1. The number of fused-ring (bicyclic) bond motifs is 4. The summed E-state index contributed by atoms with van der Waals surface area (Å²) >= 11 is 9.91. The van der Waals surface area contributed by atoms with Gasteiger partial charge in [-0.15, -0.1) is 0 Å². The minimum atomic E-state index is -0.0713. The van der Waals surface area contributed by atoms with Crippen LogP contribution in [-0.2, 0) is 6.54 Å². The Morgan fingerprint density at radius 1 is 1.31 bits per heavy atom. The maximum Gasteiger partial charge on any atom is 0.253 e. The summed E-state index contributed by atoms with van der Waals surface area (Å²) in [6.07, 6.45) is 9.44. The quantitative estimate of drug-likeness (QED) is 0.706. The average molecular weight is 440 g/mol. The van der Waals surface area contributed by atoms with Crippen LogP contribution in [0, 0.1) is 11.3 Å². The molecule has 26 heavy (non-hydrogen) atoms. The van der Waals surface area contributed by atoms with E-state index >= 15 is 0 Å². The zero-order valence-electron chi connectivity index (χ0n) is 14.7. The first-order chi connectivity index (χ1) is 12.5. The zero-order chi connectivity index (χ0) is 18.3. The van der Waals surface area contributed by atoms with Gasteiger partial charge in [0.05, 0.1) is 22.7 Å². The van der Waals surface area contributed by atoms with Gasteiger partial charge in [-0.05, 0) is 62.0 Å². The number of carbonyl (C=O) groups excluding carboxylic acids is 1. The highest BCUT2D eigenvalue weighted by Crippen LogP contribution is 2.49. The lowest BCUT2D eigenvalue weighted by molar-refractivity contribution is 0.0598. The predicted molar refractivity (Wildman–Crippen MR) is 108 cm³/mol. The highest BCUT2D eigenvalue weighted by Gasteiger charge is 2.40. The first-order valence-electron chi connectivity index (χ1n) is 9.38. The Kier molecular flexibility index (Phi) is 5.06. The Labute approximate surface area is 167 Å². The van der Waals surface area contributed by atoms with Crippen LogP contribution < -0.4 is 5.32 Å². The lowest BCUT2D eigenvalue weighted by Gasteiger charge is -2.46. The van der Waals surface area contributed by atoms with Crippen LogP contribution in [0.15, 0.2) is 22.8 Å². The second-order valence-electron chi connectivity index (χ2n) is 7.91. The molecule has 2 N–H and O–H groups in total. The molecule has 0 saturated heterocycles. The summed E-state index contributed by atoms with van der Waals surface area (Å²) in [4.78, 5) is 13.0. The first kappa shape index (κ1) is 18.3. The van der Waals surface area contributed by atoms with E-state index in [9.17, 15) is 9.90 Å². The molecule has 2 bridgehead atoms. The van der Waals surface area contributed by atoms with Crippen molar-refractivity contribution in [2.75, 3.05) is 13.2 Å². The molecule has 0 unspecified atom stereocenters. The molecule has 5 rings (SSSR count). The Morgan fingerprint density at radius 3 is 2.65 bits per heavy atom. The highest BCUT2D eigenvalue weighted by molar-refractivity contribution is 9.10. The molecule has 0 atom stereocenters. The maximum absolute atomic E-state index is 13.0. The number of rotatable bonds is 5. The summed E-state index contributed by atoms with van der Waals surface area (Å²) in [6, 6.07) is 3.75. The predicted octanol–water partition coefficient (Wildman–Crippen LogP) is 4.75. The second kappa shape index (κ2) is 7.17. The number of aliphatic hydroxyl groups excluding tert-OH is 1. The zero-order valence-corrected chi connectivity index (χ0v) is 17.1. The van der Waals surface area contributed by atoms with Crippen molar-refractivity contribution >= 4 is 44.3 Å². The van der Waals surface area contributed by atoms with Gasteiger partial charge in [-0.1, -0.05) is 27.5 Å². The summed E-state index contributed by atoms with van der Waals surface area (Å²) in [5.41, 5.74) is 1.74. The van der Waals surface area contributed by atoms with Gasteiger partial charge in [0.2, 0.25) is 0 Å². The Morgan fingerprint density at radius 2 is 2.00 bits per heavy atom. The summed E-state index contributed by atoms with van der Waals surface area (Å²) in [7, 11) is 0. The van der Waals surface area contributed by atoms with Crippen LogP contribution in [0.3, 0.4) is 0 Å². The van der Waals surface area contributed by atoms with Gasteiger partial charge in [0, 0.05) is 29.1 Å². The summed E-state index contributed by atoms with van der Waals surface area (Å²) < 4.78 is 2.75. The molecule has 1 amide bonds. The van der Waals surface area contributed by atoms with Gasteiger partial charge >= 0.3 is 0 Å². The van der Waals surface area contributed by atoms with E-state index in [2.05, 4.69) is 21.2 Å². The summed E-state index contributed by atoms with van der Waals surface area (Å²) in [6.45, 7) is 1.19. The lowest BCUT2D eigenvalue weighted by Crippen LogP contribution is -2.43. The van der Waals surface area contributed by atoms with E-state index in [1.807, 2.05) is 22.9 Å². The van der Waals surface area contributed by atoms with E-state index in [1.165, 1.54) is 38.5 Å². The molecule has 3 fully saturated rings. The second-order valence-corrected chi connectivity index (χ2v) is 9.23. The Bertz CT molecular complexity index is 826. The Hall–Kier alpha value is -1.04. The van der Waals surface area contributed by atoms with Gasteiger partial charge in [-0.25, -0.2) is 0 Å². The number of hydrogen-bond acceptors (Lipinski definition) is 2. The van der Waals surface area contributed by atoms with Crippen LogP contribution in [0.1, 0.15) is 48.9 Å². The van der Waals surface area contributed by atoms with E-state index in [0.717, 1.165) is 27.8 Å². The normalized spacial score (nSPS) is 25.0. The van der Waals surface area contributed by atoms with Gasteiger partial charge < -0.3 is 15.0 Å². The average Bonchev–Trinajstić information content (AvgIpc) is 3.00. The van der Waals surface area contributed by atoms with Crippen molar-refractivity contribution in [1.82, 2.24) is 9.88 Å². The number of benzene rings is 1. The van der Waals surface area contributed by atoms with Crippen molar-refractivity contribution in [3.63, 3.8) is 0 Å². The van der Waals surface area contributed by atoms with E-state index in [0.29, 0.717) is 22.5 Å². The molecule has 1 aromatic carbocycles. The van der Waals surface area contributed by atoms with Crippen LogP contribution in [0.5, 0.6) is 0 Å². The number of hydrogen-bond donors (Lipinski definition) is 2. The van der Waals surface area contributed by atoms with Crippen LogP contribution in [0.4, 0.5) is 0 Å². The molecule has 3 saturated carbocycles. The largest absolute Gasteiger partial charge is 0.395 e. The fourth-order valence-corrected chi connectivity index (χ4v) is 5.67. The highest BCUT2D eigenvalue weighted by atomic mass is 79.9. The summed E-state index contributed by atoms with van der Waals surface area (Å²) in [5.74, 6) is 0.847. The number of nitrogens with zero attached hydrogens (tertiary/aromatic N) is 1. The number of amides is 1. The smallest absolute Gasteiger partial charge is 0.253 e. The van der Waals surface area contributed by atoms with Crippen LogP contribution >= 0.6 is 27.5 Å². The topological polar surface area (TPSA) is 54.3 Å². The molecule has 0 spiro atoms. The number of nitrogens with one attached hydrogen (secondary N) is 1. The van der Waals surface area contributed by atoms with E-state index in [4.69, 9.17) is 11.6 Å². The third kappa shape index (κ3) is 3.30. The van der Waals surface area contributed by atoms with Gasteiger partial charge in [0.1, 0.15) is 0 Å². The van der Waals surface area contributed by atoms with Crippen LogP contribution in [0.2, 0.25) is 5.02 Å². The maximum atomic E-state index is 13.0. The van der Waals surface area contributed by atoms with Crippen LogP contribution in [-0.4, -0.2) is 28.7 Å². The lowest BCUT2D eigenvalue weighted by atomic mass is 9.61. The standard InChI is InChI=1S/C20H24BrClN2O2/c21-14-9-16(22)18-15(11-24(7-8-25)17(18)10-14)19(26)23-12-20-4-1-13(2-5-20)3-6-20/h9-11,13,25H,1-8,12H2,(H,23,26). The van der Waals surface area contributed by atoms with Gasteiger partial charge in [0.15, 0.2) is 0 Å². The molecule has 3 aliphatic rings. The number of carbonyl (C=O) groups is 1. The van der Waals surface area contributed by atoms with Gasteiger partial charge in [-0.3, -0.25) is 4.79 Å². The SMILES string of the molecule is O=C(NCC12CCC(CC1)CC2)c1cn(CCO)c2cc(Br)cc(Cl)c12. The monoisotopic (exact) mass is 438 g/mol. The third-order valence-corrected chi connectivity index (χ3v) is 7.11. The van der Waals surface area contributed by atoms with Crippen LogP contribution in [0.25, 0.3) is 10.9 Å². The molecule has 6 heteroatoms. The fraction of sp³-hybridized carbons (Fsp3) is 0.550. The Balaban J connectivity index is 1.60. The van der Waals surface area contributed by atoms with Crippen molar-refractivity contribution in [3.05, 3.63) is 33.4 Å². The third-order valence-electron chi connectivity index (χ3n) is 6.36. The van der Waals surface area contributed by atoms with E-state index < -0.39 is 0 Å². The molecule has 140 valence electrons. The minimum Gasteiger partial charge on any atom is -0.395 e. The van der Waals surface area contributed by atoms with Gasteiger partial charge in [-0.2, -0.15) is 0 Å². The van der Waals surface area contributed by atoms with Crippen molar-refractivity contribution < 1.29 is 9.90 Å². The van der Waals surface area contributed by atoms with Crippen molar-refractivity contribution in [1.29, 1.82) is 0 Å². The molecular formula is C20H24BrClN2O2. The number of halogens is 2. The molecule has 1 aromatic heterocycles. The molecule has 4 nitrogen and oxygen atoms in total. The van der Waals surface area contributed by atoms with Crippen molar-refractivity contribution in [3.8, 4) is 0 Å². The van der Waals surface area contributed by atoms with Gasteiger partial charge in [0.25, 0.3) is 5.91 Å². The molecule has 2 aromatic rings.